The van der Waals surface area contributed by atoms with Crippen LogP contribution < -0.4 is 0 Å². The lowest BCUT2D eigenvalue weighted by Gasteiger charge is -2.07. The summed E-state index contributed by atoms with van der Waals surface area (Å²) in [6.45, 7) is 0. The third-order valence-electron chi connectivity index (χ3n) is 1.84. The predicted molar refractivity (Wildman–Crippen MR) is 42.6 cm³/mol. The fourth-order valence-electron chi connectivity index (χ4n) is 1.30. The molecule has 1 aliphatic rings. The minimum atomic E-state index is 1.18. The molecular weight excluding hydrogens is 120 g/mol. The SMILES string of the molecule is [c]1cccc2c1C=CCC2. The smallest absolute Gasteiger partial charge is 0.0103 e. The van der Waals surface area contributed by atoms with Crippen molar-refractivity contribution in [1.82, 2.24) is 0 Å². The van der Waals surface area contributed by atoms with E-state index in [1.54, 1.807) is 0 Å². The van der Waals surface area contributed by atoms with Crippen LogP contribution in [-0.4, -0.2) is 0 Å². The number of aryl methyl sites for hydroxylation is 1. The molecule has 2 rings (SSSR count). The van der Waals surface area contributed by atoms with E-state index in [1.807, 2.05) is 6.07 Å². The van der Waals surface area contributed by atoms with Crippen LogP contribution >= 0.6 is 0 Å². The first-order valence-corrected chi connectivity index (χ1v) is 3.63. The molecule has 1 radical (unpaired) electrons. The molecule has 0 aliphatic heterocycles. The highest BCUT2D eigenvalue weighted by molar-refractivity contribution is 5.55. The van der Waals surface area contributed by atoms with Crippen molar-refractivity contribution in [2.24, 2.45) is 0 Å². The molecule has 0 N–H and O–H groups in total. The third kappa shape index (κ3) is 0.860. The molecule has 0 aromatic heterocycles. The van der Waals surface area contributed by atoms with E-state index >= 15 is 0 Å². The van der Waals surface area contributed by atoms with E-state index in [1.165, 1.54) is 24.0 Å². The van der Waals surface area contributed by atoms with Crippen LogP contribution in [0.25, 0.3) is 6.08 Å². The van der Waals surface area contributed by atoms with Crippen molar-refractivity contribution in [3.8, 4) is 0 Å². The van der Waals surface area contributed by atoms with Crippen molar-refractivity contribution in [3.05, 3.63) is 41.5 Å². The molecule has 0 fully saturated rings. The Balaban J connectivity index is 2.54. The first-order valence-electron chi connectivity index (χ1n) is 3.63. The largest absolute Gasteiger partial charge is 0.0836 e. The molecule has 0 amide bonds. The molecule has 0 unspecified atom stereocenters. The molecule has 0 heteroatoms. The van der Waals surface area contributed by atoms with Crippen LogP contribution in [0.4, 0.5) is 0 Å². The summed E-state index contributed by atoms with van der Waals surface area (Å²) in [7, 11) is 0. The molecule has 0 atom stereocenters. The van der Waals surface area contributed by atoms with Gasteiger partial charge in [0.2, 0.25) is 0 Å². The lowest BCUT2D eigenvalue weighted by Crippen LogP contribution is -1.92. The summed E-state index contributed by atoms with van der Waals surface area (Å²) in [5.74, 6) is 0. The zero-order valence-corrected chi connectivity index (χ0v) is 5.80. The normalized spacial score (nSPS) is 14.8. The second kappa shape index (κ2) is 2.30. The van der Waals surface area contributed by atoms with Crippen LogP contribution in [0.15, 0.2) is 24.3 Å². The second-order valence-electron chi connectivity index (χ2n) is 2.55. The summed E-state index contributed by atoms with van der Waals surface area (Å²) in [6, 6.07) is 9.40. The fourth-order valence-corrected chi connectivity index (χ4v) is 1.30. The Labute approximate surface area is 61.2 Å². The van der Waals surface area contributed by atoms with Crippen molar-refractivity contribution in [2.75, 3.05) is 0 Å². The van der Waals surface area contributed by atoms with Crippen molar-refractivity contribution >= 4 is 6.08 Å². The third-order valence-corrected chi connectivity index (χ3v) is 1.84. The van der Waals surface area contributed by atoms with Gasteiger partial charge in [0.1, 0.15) is 0 Å². The molecule has 49 valence electrons. The van der Waals surface area contributed by atoms with Gasteiger partial charge in [-0.1, -0.05) is 30.4 Å². The number of benzene rings is 1. The van der Waals surface area contributed by atoms with Gasteiger partial charge in [-0.25, -0.2) is 0 Å². The summed E-state index contributed by atoms with van der Waals surface area (Å²) in [4.78, 5) is 0. The van der Waals surface area contributed by atoms with Gasteiger partial charge in [0.15, 0.2) is 0 Å². The van der Waals surface area contributed by atoms with Crippen molar-refractivity contribution in [3.63, 3.8) is 0 Å². The lowest BCUT2D eigenvalue weighted by atomic mass is 9.98. The van der Waals surface area contributed by atoms with Gasteiger partial charge in [0, 0.05) is 0 Å². The lowest BCUT2D eigenvalue weighted by molar-refractivity contribution is 0.985. The summed E-state index contributed by atoms with van der Waals surface area (Å²) in [5, 5.41) is 0. The van der Waals surface area contributed by atoms with E-state index in [-0.39, 0.29) is 0 Å². The number of allylic oxidation sites excluding steroid dienone is 1. The summed E-state index contributed by atoms with van der Waals surface area (Å²) in [6.07, 6.45) is 6.73. The molecule has 10 heavy (non-hydrogen) atoms. The maximum atomic E-state index is 3.20. The highest BCUT2D eigenvalue weighted by Crippen LogP contribution is 2.17. The summed E-state index contributed by atoms with van der Waals surface area (Å²) < 4.78 is 0. The highest BCUT2D eigenvalue weighted by Gasteiger charge is 2.00. The van der Waals surface area contributed by atoms with E-state index in [4.69, 9.17) is 0 Å². The van der Waals surface area contributed by atoms with Gasteiger partial charge in [-0.3, -0.25) is 0 Å². The van der Waals surface area contributed by atoms with Gasteiger partial charge in [-0.2, -0.15) is 0 Å². The Bertz CT molecular complexity index is 258. The predicted octanol–water partition coefficient (Wildman–Crippen LogP) is 2.45. The van der Waals surface area contributed by atoms with Crippen LogP contribution in [0.2, 0.25) is 0 Å². The Morgan fingerprint density at radius 1 is 1.40 bits per heavy atom. The standard InChI is InChI=1S/C10H9/c1-2-6-10-8-4-3-7-9(10)5-1/h1-3,6-7H,4,8H2. The number of hydrogen-bond acceptors (Lipinski definition) is 0. The molecule has 1 aromatic carbocycles. The van der Waals surface area contributed by atoms with Crippen LogP contribution in [-0.2, 0) is 6.42 Å². The van der Waals surface area contributed by atoms with Crippen molar-refractivity contribution < 1.29 is 0 Å². The minimum Gasteiger partial charge on any atom is -0.0836 e. The number of hydrogen-bond donors (Lipinski definition) is 0. The maximum Gasteiger partial charge on any atom is -0.0103 e. The summed E-state index contributed by atoms with van der Waals surface area (Å²) >= 11 is 0. The monoisotopic (exact) mass is 129 g/mol. The van der Waals surface area contributed by atoms with Gasteiger partial charge in [0.25, 0.3) is 0 Å². The van der Waals surface area contributed by atoms with Gasteiger partial charge in [0.05, 0.1) is 0 Å². The van der Waals surface area contributed by atoms with Gasteiger partial charge < -0.3 is 0 Å². The van der Waals surface area contributed by atoms with Gasteiger partial charge in [-0.15, -0.1) is 0 Å². The van der Waals surface area contributed by atoms with Crippen molar-refractivity contribution in [2.45, 2.75) is 12.8 Å². The quantitative estimate of drug-likeness (QED) is 0.504. The first kappa shape index (κ1) is 5.72. The average molecular weight is 129 g/mol. The van der Waals surface area contributed by atoms with E-state index in [9.17, 15) is 0 Å². The molecule has 0 saturated carbocycles. The molecule has 0 saturated heterocycles. The molecule has 0 bridgehead atoms. The Morgan fingerprint density at radius 2 is 2.40 bits per heavy atom. The maximum absolute atomic E-state index is 3.20. The van der Waals surface area contributed by atoms with Crippen LogP contribution in [0.5, 0.6) is 0 Å². The zero-order chi connectivity index (χ0) is 6.81. The fraction of sp³-hybridized carbons (Fsp3) is 0.200. The topological polar surface area (TPSA) is 0 Å². The van der Waals surface area contributed by atoms with Crippen LogP contribution in [0.1, 0.15) is 17.5 Å². The second-order valence-corrected chi connectivity index (χ2v) is 2.55. The molecular formula is C10H9. The first-order chi connectivity index (χ1) is 4.97. The van der Waals surface area contributed by atoms with E-state index in [0.717, 1.165) is 0 Å². The van der Waals surface area contributed by atoms with E-state index < -0.39 is 0 Å². The Kier molecular flexibility index (Phi) is 1.31. The summed E-state index contributed by atoms with van der Waals surface area (Å²) in [5.41, 5.74) is 2.71. The van der Waals surface area contributed by atoms with Crippen LogP contribution in [0.3, 0.4) is 0 Å². The average Bonchev–Trinajstić information content (AvgIpc) is 2.05. The molecule has 0 heterocycles. The molecule has 0 spiro atoms. The zero-order valence-electron chi connectivity index (χ0n) is 5.80. The molecule has 0 nitrogen and oxygen atoms in total. The Hall–Kier alpha value is -1.04. The van der Waals surface area contributed by atoms with Gasteiger partial charge in [-0.05, 0) is 30.0 Å². The number of rotatable bonds is 0. The molecule has 1 aliphatic carbocycles. The highest BCUT2D eigenvalue weighted by atomic mass is 14.1. The van der Waals surface area contributed by atoms with Crippen molar-refractivity contribution in [1.29, 1.82) is 0 Å². The number of fused-ring (bicyclic) bond motifs is 1. The van der Waals surface area contributed by atoms with E-state index in [2.05, 4.69) is 30.4 Å². The Morgan fingerprint density at radius 3 is 3.30 bits per heavy atom. The van der Waals surface area contributed by atoms with Crippen LogP contribution in [0, 0.1) is 6.07 Å². The molecule has 1 aromatic rings. The minimum absolute atomic E-state index is 1.18. The van der Waals surface area contributed by atoms with Gasteiger partial charge >= 0.3 is 0 Å². The van der Waals surface area contributed by atoms with E-state index in [0.29, 0.717) is 0 Å².